The van der Waals surface area contributed by atoms with Gasteiger partial charge in [-0.25, -0.2) is 4.98 Å². The first kappa shape index (κ1) is 20.9. The number of aromatic nitrogens is 2. The van der Waals surface area contributed by atoms with Crippen LogP contribution in [0.2, 0.25) is 5.28 Å². The molecule has 2 aliphatic rings. The van der Waals surface area contributed by atoms with Crippen molar-refractivity contribution in [1.29, 1.82) is 0 Å². The number of morpholine rings is 1. The molecule has 160 valence electrons. The van der Waals surface area contributed by atoms with Crippen molar-refractivity contribution in [3.63, 3.8) is 0 Å². The average Bonchev–Trinajstić information content (AvgIpc) is 2.79. The number of piperidine rings is 1. The molecule has 1 atom stereocenters. The molecule has 1 N–H and O–H groups in total. The maximum atomic E-state index is 6.34. The molecular weight excluding hydrogens is 398 g/mol. The second-order valence-corrected chi connectivity index (χ2v) is 8.20. The summed E-state index contributed by atoms with van der Waals surface area (Å²) in [6, 6.07) is 6.45. The van der Waals surface area contributed by atoms with E-state index in [1.165, 1.54) is 12.1 Å². The summed E-state index contributed by atoms with van der Waals surface area (Å²) < 4.78 is 5.48. The Labute approximate surface area is 183 Å². The number of hydrogen-bond acceptors (Lipinski definition) is 6. The van der Waals surface area contributed by atoms with Crippen LogP contribution >= 0.6 is 11.6 Å². The van der Waals surface area contributed by atoms with Crippen molar-refractivity contribution in [2.75, 3.05) is 55.7 Å². The molecule has 2 fully saturated rings. The van der Waals surface area contributed by atoms with Crippen LogP contribution in [0.3, 0.4) is 0 Å². The fourth-order valence-electron chi connectivity index (χ4n) is 4.23. The molecule has 1 aromatic heterocycles. The van der Waals surface area contributed by atoms with Gasteiger partial charge in [-0.15, -0.1) is 0 Å². The average molecular weight is 428 g/mol. The third kappa shape index (κ3) is 5.05. The Morgan fingerprint density at radius 1 is 1.17 bits per heavy atom. The van der Waals surface area contributed by atoms with E-state index in [-0.39, 0.29) is 0 Å². The zero-order valence-corrected chi connectivity index (χ0v) is 18.3. The predicted octanol–water partition coefficient (Wildman–Crippen LogP) is 4.02. The van der Waals surface area contributed by atoms with Crippen molar-refractivity contribution in [3.8, 4) is 0 Å². The van der Waals surface area contributed by atoms with Crippen molar-refractivity contribution < 1.29 is 4.74 Å². The molecular formula is C23H30ClN5O. The summed E-state index contributed by atoms with van der Waals surface area (Å²) in [5.74, 6) is 1.53. The standard InChI is InChI=1S/C23H30ClN5O/c1-2-3-4-9-25-16-18-6-5-10-29(17-18)22-20-8-7-19(28-11-13-30-14-12-28)15-21(20)26-23(24)27-22/h2-4,7-9,15,18,25H,5-6,10-14,16-17H2,1H3/b3-2-,9-4-. The molecule has 0 aliphatic carbocycles. The summed E-state index contributed by atoms with van der Waals surface area (Å²) in [4.78, 5) is 13.9. The quantitative estimate of drug-likeness (QED) is 0.555. The number of nitrogens with one attached hydrogen (secondary N) is 1. The highest BCUT2D eigenvalue weighted by Crippen LogP contribution is 2.31. The van der Waals surface area contributed by atoms with Crippen LogP contribution in [0.15, 0.2) is 42.6 Å². The maximum absolute atomic E-state index is 6.34. The Morgan fingerprint density at radius 3 is 2.87 bits per heavy atom. The monoisotopic (exact) mass is 427 g/mol. The molecule has 0 spiro atoms. The van der Waals surface area contributed by atoms with Crippen molar-refractivity contribution in [2.24, 2.45) is 5.92 Å². The van der Waals surface area contributed by atoms with E-state index in [0.717, 1.165) is 69.1 Å². The van der Waals surface area contributed by atoms with E-state index in [2.05, 4.69) is 43.3 Å². The Bertz CT molecular complexity index is 910. The van der Waals surface area contributed by atoms with E-state index in [0.29, 0.717) is 11.2 Å². The van der Waals surface area contributed by atoms with Crippen molar-refractivity contribution in [2.45, 2.75) is 19.8 Å². The largest absolute Gasteiger partial charge is 0.391 e. The molecule has 0 radical (unpaired) electrons. The smallest absolute Gasteiger partial charge is 0.224 e. The molecule has 30 heavy (non-hydrogen) atoms. The second-order valence-electron chi connectivity index (χ2n) is 7.86. The van der Waals surface area contributed by atoms with Gasteiger partial charge in [0.05, 0.1) is 18.7 Å². The first-order valence-electron chi connectivity index (χ1n) is 10.8. The second kappa shape index (κ2) is 10.1. The van der Waals surface area contributed by atoms with Crippen LogP contribution in [0.1, 0.15) is 19.8 Å². The molecule has 7 heteroatoms. The number of halogens is 1. The molecule has 3 heterocycles. The van der Waals surface area contributed by atoms with E-state index in [4.69, 9.17) is 16.3 Å². The molecule has 0 saturated carbocycles. The number of rotatable bonds is 6. The van der Waals surface area contributed by atoms with Crippen molar-refractivity contribution in [1.82, 2.24) is 15.3 Å². The number of nitrogens with zero attached hydrogens (tertiary/aromatic N) is 4. The summed E-state index contributed by atoms with van der Waals surface area (Å²) >= 11 is 6.34. The van der Waals surface area contributed by atoms with Gasteiger partial charge in [0.1, 0.15) is 5.82 Å². The minimum Gasteiger partial charge on any atom is -0.391 e. The highest BCUT2D eigenvalue weighted by Gasteiger charge is 2.23. The summed E-state index contributed by atoms with van der Waals surface area (Å²) in [7, 11) is 0. The van der Waals surface area contributed by atoms with Crippen LogP contribution in [0.4, 0.5) is 11.5 Å². The van der Waals surface area contributed by atoms with Gasteiger partial charge in [-0.3, -0.25) is 0 Å². The minimum absolute atomic E-state index is 0.311. The third-order valence-corrected chi connectivity index (χ3v) is 5.92. The van der Waals surface area contributed by atoms with Gasteiger partial charge >= 0.3 is 0 Å². The van der Waals surface area contributed by atoms with Crippen LogP contribution in [0, 0.1) is 5.92 Å². The summed E-state index contributed by atoms with van der Waals surface area (Å²) in [6.45, 7) is 8.28. The van der Waals surface area contributed by atoms with E-state index in [1.807, 2.05) is 31.4 Å². The van der Waals surface area contributed by atoms with E-state index in [1.54, 1.807) is 0 Å². The Morgan fingerprint density at radius 2 is 2.03 bits per heavy atom. The number of anilines is 2. The SMILES string of the molecule is C/C=C\C=C/NCC1CCCN(c2nc(Cl)nc3cc(N4CCOCC4)ccc23)C1. The molecule has 2 aliphatic heterocycles. The van der Waals surface area contributed by atoms with Gasteiger partial charge in [-0.05, 0) is 67.8 Å². The molecule has 2 aromatic rings. The van der Waals surface area contributed by atoms with Crippen molar-refractivity contribution in [3.05, 3.63) is 47.9 Å². The maximum Gasteiger partial charge on any atom is 0.224 e. The summed E-state index contributed by atoms with van der Waals surface area (Å²) in [5, 5.41) is 4.80. The lowest BCUT2D eigenvalue weighted by Gasteiger charge is -2.34. The van der Waals surface area contributed by atoms with Gasteiger partial charge < -0.3 is 19.9 Å². The topological polar surface area (TPSA) is 53.5 Å². The summed E-state index contributed by atoms with van der Waals surface area (Å²) in [6.07, 6.45) is 10.5. The van der Waals surface area contributed by atoms with Crippen LogP contribution < -0.4 is 15.1 Å². The molecule has 1 unspecified atom stereocenters. The van der Waals surface area contributed by atoms with E-state index in [9.17, 15) is 0 Å². The Kier molecular flexibility index (Phi) is 7.07. The minimum atomic E-state index is 0.311. The van der Waals surface area contributed by atoms with Gasteiger partial charge in [0.15, 0.2) is 0 Å². The molecule has 0 bridgehead atoms. The fraction of sp³-hybridized carbons (Fsp3) is 0.478. The van der Waals surface area contributed by atoms with Gasteiger partial charge in [-0.2, -0.15) is 4.98 Å². The highest BCUT2D eigenvalue weighted by atomic mass is 35.5. The van der Waals surface area contributed by atoms with Crippen LogP contribution in [0.25, 0.3) is 10.9 Å². The summed E-state index contributed by atoms with van der Waals surface area (Å²) in [5.41, 5.74) is 2.07. The Hall–Kier alpha value is -2.31. The molecule has 6 nitrogen and oxygen atoms in total. The number of allylic oxidation sites excluding steroid dienone is 3. The lowest BCUT2D eigenvalue weighted by Crippen LogP contribution is -2.39. The lowest BCUT2D eigenvalue weighted by molar-refractivity contribution is 0.122. The van der Waals surface area contributed by atoms with Crippen molar-refractivity contribution >= 4 is 34.0 Å². The normalized spacial score (nSPS) is 20.5. The Balaban J connectivity index is 1.52. The van der Waals surface area contributed by atoms with Gasteiger partial charge in [0, 0.05) is 43.8 Å². The molecule has 2 saturated heterocycles. The van der Waals surface area contributed by atoms with E-state index >= 15 is 0 Å². The molecule has 4 rings (SSSR count). The van der Waals surface area contributed by atoms with Gasteiger partial charge in [0.2, 0.25) is 5.28 Å². The third-order valence-electron chi connectivity index (χ3n) is 5.75. The van der Waals surface area contributed by atoms with Gasteiger partial charge in [0.25, 0.3) is 0 Å². The van der Waals surface area contributed by atoms with Gasteiger partial charge in [-0.1, -0.05) is 12.2 Å². The predicted molar refractivity (Wildman–Crippen MR) is 124 cm³/mol. The molecule has 0 amide bonds. The zero-order chi connectivity index (χ0) is 20.8. The highest BCUT2D eigenvalue weighted by molar-refractivity contribution is 6.28. The number of fused-ring (bicyclic) bond motifs is 1. The number of benzene rings is 1. The first-order chi connectivity index (χ1) is 14.7. The number of hydrogen-bond donors (Lipinski definition) is 1. The van der Waals surface area contributed by atoms with E-state index < -0.39 is 0 Å². The van der Waals surface area contributed by atoms with Crippen LogP contribution in [-0.4, -0.2) is 55.9 Å². The number of ether oxygens (including phenoxy) is 1. The van der Waals surface area contributed by atoms with Crippen LogP contribution in [-0.2, 0) is 4.74 Å². The van der Waals surface area contributed by atoms with Crippen LogP contribution in [0.5, 0.6) is 0 Å². The zero-order valence-electron chi connectivity index (χ0n) is 17.6. The fourth-order valence-corrected chi connectivity index (χ4v) is 4.40. The first-order valence-corrected chi connectivity index (χ1v) is 11.2. The molecule has 1 aromatic carbocycles. The lowest BCUT2D eigenvalue weighted by atomic mass is 9.97.